The lowest BCUT2D eigenvalue weighted by molar-refractivity contribution is -0.275. The fourth-order valence-electron chi connectivity index (χ4n) is 2.74. The van der Waals surface area contributed by atoms with E-state index in [4.69, 9.17) is 9.47 Å². The molecule has 0 aliphatic carbocycles. The molecule has 0 radical (unpaired) electrons. The topological polar surface area (TPSA) is 44.8 Å². The Morgan fingerprint density at radius 1 is 0.867 bits per heavy atom. The van der Waals surface area contributed by atoms with Crippen molar-refractivity contribution in [1.29, 1.82) is 0 Å². The third kappa shape index (κ3) is 5.23. The summed E-state index contributed by atoms with van der Waals surface area (Å²) in [5, 5.41) is 1.64. The largest absolute Gasteiger partial charge is 0.573 e. The molecule has 0 aromatic heterocycles. The average molecular weight is 418 g/mol. The van der Waals surface area contributed by atoms with E-state index in [9.17, 15) is 18.0 Å². The molecular formula is C23H21F3O4. The van der Waals surface area contributed by atoms with Crippen molar-refractivity contribution in [3.05, 3.63) is 66.2 Å². The Morgan fingerprint density at radius 2 is 1.57 bits per heavy atom. The second-order valence-electron chi connectivity index (χ2n) is 7.29. The van der Waals surface area contributed by atoms with Crippen molar-refractivity contribution in [1.82, 2.24) is 0 Å². The minimum atomic E-state index is -4.89. The van der Waals surface area contributed by atoms with Crippen LogP contribution in [0.15, 0.2) is 60.7 Å². The molecule has 0 heterocycles. The Labute approximate surface area is 172 Å². The summed E-state index contributed by atoms with van der Waals surface area (Å²) in [6, 6.07) is 16.1. The van der Waals surface area contributed by atoms with E-state index in [1.807, 2.05) is 37.3 Å². The number of carbonyl (C=O) groups is 1. The SMILES string of the molecule is CCC(C)(C)Oc1cc(C(=O)Oc2cccc3ccccc23)ccc1OC(F)(F)F. The van der Waals surface area contributed by atoms with E-state index < -0.39 is 23.7 Å². The van der Waals surface area contributed by atoms with Gasteiger partial charge >= 0.3 is 12.3 Å². The summed E-state index contributed by atoms with van der Waals surface area (Å²) in [6.45, 7) is 5.29. The smallest absolute Gasteiger partial charge is 0.484 e. The molecule has 0 N–H and O–H groups in total. The Balaban J connectivity index is 1.93. The number of esters is 1. The quantitative estimate of drug-likeness (QED) is 0.337. The van der Waals surface area contributed by atoms with Gasteiger partial charge in [-0.25, -0.2) is 4.79 Å². The predicted molar refractivity (Wildman–Crippen MR) is 107 cm³/mol. The van der Waals surface area contributed by atoms with Crippen molar-refractivity contribution >= 4 is 16.7 Å². The highest BCUT2D eigenvalue weighted by molar-refractivity contribution is 5.96. The fraction of sp³-hybridized carbons (Fsp3) is 0.261. The van der Waals surface area contributed by atoms with E-state index >= 15 is 0 Å². The van der Waals surface area contributed by atoms with Gasteiger partial charge in [0.25, 0.3) is 0 Å². The molecule has 3 aromatic carbocycles. The normalized spacial score (nSPS) is 11.9. The molecule has 0 bridgehead atoms. The van der Waals surface area contributed by atoms with Gasteiger partial charge in [-0.15, -0.1) is 13.2 Å². The summed E-state index contributed by atoms with van der Waals surface area (Å²) in [5.74, 6) is -1.08. The lowest BCUT2D eigenvalue weighted by Gasteiger charge is -2.26. The van der Waals surface area contributed by atoms with Gasteiger partial charge in [0.2, 0.25) is 0 Å². The molecule has 30 heavy (non-hydrogen) atoms. The molecular weight excluding hydrogens is 397 g/mol. The lowest BCUT2D eigenvalue weighted by Crippen LogP contribution is -2.28. The van der Waals surface area contributed by atoms with Crippen LogP contribution in [-0.4, -0.2) is 17.9 Å². The molecule has 0 unspecified atom stereocenters. The number of alkyl halides is 3. The van der Waals surface area contributed by atoms with Gasteiger partial charge in [-0.2, -0.15) is 0 Å². The number of ether oxygens (including phenoxy) is 3. The number of hydrogen-bond acceptors (Lipinski definition) is 4. The molecule has 0 saturated carbocycles. The Hall–Kier alpha value is -3.22. The van der Waals surface area contributed by atoms with Crippen LogP contribution < -0.4 is 14.2 Å². The molecule has 7 heteroatoms. The number of carbonyl (C=O) groups excluding carboxylic acids is 1. The average Bonchev–Trinajstić information content (AvgIpc) is 2.68. The molecule has 0 fully saturated rings. The molecule has 0 aliphatic rings. The van der Waals surface area contributed by atoms with Crippen LogP contribution in [-0.2, 0) is 0 Å². The van der Waals surface area contributed by atoms with Crippen LogP contribution in [0, 0.1) is 0 Å². The second kappa shape index (κ2) is 8.26. The van der Waals surface area contributed by atoms with Crippen LogP contribution in [0.3, 0.4) is 0 Å². The zero-order chi connectivity index (χ0) is 21.9. The summed E-state index contributed by atoms with van der Waals surface area (Å²) in [5.41, 5.74) is -0.721. The van der Waals surface area contributed by atoms with Crippen LogP contribution in [0.4, 0.5) is 13.2 Å². The summed E-state index contributed by atoms with van der Waals surface area (Å²) in [4.78, 5) is 12.7. The number of benzene rings is 3. The zero-order valence-electron chi connectivity index (χ0n) is 16.7. The van der Waals surface area contributed by atoms with Crippen molar-refractivity contribution in [3.63, 3.8) is 0 Å². The van der Waals surface area contributed by atoms with Gasteiger partial charge in [-0.05, 0) is 49.9 Å². The van der Waals surface area contributed by atoms with Gasteiger partial charge in [-0.3, -0.25) is 0 Å². The van der Waals surface area contributed by atoms with Crippen LogP contribution in [0.25, 0.3) is 10.8 Å². The van der Waals surface area contributed by atoms with Crippen molar-refractivity contribution in [2.24, 2.45) is 0 Å². The predicted octanol–water partition coefficient (Wildman–Crippen LogP) is 6.53. The van der Waals surface area contributed by atoms with E-state index in [2.05, 4.69) is 4.74 Å². The van der Waals surface area contributed by atoms with E-state index in [1.54, 1.807) is 26.0 Å². The number of hydrogen-bond donors (Lipinski definition) is 0. The second-order valence-corrected chi connectivity index (χ2v) is 7.29. The van der Waals surface area contributed by atoms with E-state index in [1.165, 1.54) is 12.1 Å². The van der Waals surface area contributed by atoms with E-state index in [0.717, 1.165) is 16.8 Å². The third-order valence-electron chi connectivity index (χ3n) is 4.60. The maximum Gasteiger partial charge on any atom is 0.573 e. The summed E-state index contributed by atoms with van der Waals surface area (Å²) in [7, 11) is 0. The van der Waals surface area contributed by atoms with Crippen molar-refractivity contribution in [2.75, 3.05) is 0 Å². The summed E-state index contributed by atoms with van der Waals surface area (Å²) in [6.07, 6.45) is -4.36. The van der Waals surface area contributed by atoms with Crippen LogP contribution >= 0.6 is 0 Å². The summed E-state index contributed by atoms with van der Waals surface area (Å²) < 4.78 is 53.6. The van der Waals surface area contributed by atoms with E-state index in [0.29, 0.717) is 12.2 Å². The van der Waals surface area contributed by atoms with Crippen LogP contribution in [0.2, 0.25) is 0 Å². The van der Waals surface area contributed by atoms with Gasteiger partial charge in [0.05, 0.1) is 5.56 Å². The van der Waals surface area contributed by atoms with Gasteiger partial charge in [0.1, 0.15) is 11.4 Å². The standard InChI is InChI=1S/C23H21F3O4/c1-4-22(2,3)29-20-14-16(12-13-19(20)30-23(24,25)26)21(27)28-18-11-7-9-15-8-5-6-10-17(15)18/h5-14H,4H2,1-3H3. The van der Waals surface area contributed by atoms with Crippen molar-refractivity contribution in [2.45, 2.75) is 39.2 Å². The number of fused-ring (bicyclic) bond motifs is 1. The first-order chi connectivity index (χ1) is 14.1. The Kier molecular flexibility index (Phi) is 5.92. The highest BCUT2D eigenvalue weighted by atomic mass is 19.4. The van der Waals surface area contributed by atoms with Crippen molar-refractivity contribution in [3.8, 4) is 17.2 Å². The monoisotopic (exact) mass is 418 g/mol. The molecule has 0 aliphatic heterocycles. The molecule has 158 valence electrons. The molecule has 0 saturated heterocycles. The first-order valence-electron chi connectivity index (χ1n) is 9.37. The molecule has 0 atom stereocenters. The van der Waals surface area contributed by atoms with Gasteiger partial charge < -0.3 is 14.2 Å². The number of rotatable bonds is 6. The molecule has 0 spiro atoms. The first kappa shape index (κ1) is 21.5. The number of halogens is 3. The minimum Gasteiger partial charge on any atom is -0.484 e. The zero-order valence-corrected chi connectivity index (χ0v) is 16.7. The Morgan fingerprint density at radius 3 is 2.27 bits per heavy atom. The fourth-order valence-corrected chi connectivity index (χ4v) is 2.74. The highest BCUT2D eigenvalue weighted by Gasteiger charge is 2.33. The van der Waals surface area contributed by atoms with E-state index in [-0.39, 0.29) is 11.3 Å². The molecule has 3 rings (SSSR count). The first-order valence-corrected chi connectivity index (χ1v) is 9.37. The summed E-state index contributed by atoms with van der Waals surface area (Å²) >= 11 is 0. The van der Waals surface area contributed by atoms with Crippen molar-refractivity contribution < 1.29 is 32.2 Å². The lowest BCUT2D eigenvalue weighted by atomic mass is 10.1. The van der Waals surface area contributed by atoms with Crippen LogP contribution in [0.5, 0.6) is 17.2 Å². The molecule has 0 amide bonds. The molecule has 4 nitrogen and oxygen atoms in total. The maximum atomic E-state index is 12.8. The van der Waals surface area contributed by atoms with Crippen LogP contribution in [0.1, 0.15) is 37.6 Å². The molecule has 3 aromatic rings. The Bertz CT molecular complexity index is 1050. The van der Waals surface area contributed by atoms with Gasteiger partial charge in [0, 0.05) is 5.39 Å². The minimum absolute atomic E-state index is 0.0411. The third-order valence-corrected chi connectivity index (χ3v) is 4.60. The van der Waals surface area contributed by atoms with Gasteiger partial charge in [0.15, 0.2) is 11.5 Å². The van der Waals surface area contributed by atoms with Gasteiger partial charge in [-0.1, -0.05) is 43.3 Å². The highest BCUT2D eigenvalue weighted by Crippen LogP contribution is 2.36. The maximum absolute atomic E-state index is 12.8.